The van der Waals surface area contributed by atoms with Gasteiger partial charge in [0.1, 0.15) is 0 Å². The van der Waals surface area contributed by atoms with Crippen molar-refractivity contribution in [3.05, 3.63) is 24.3 Å². The molecule has 1 aromatic rings. The van der Waals surface area contributed by atoms with E-state index in [1.54, 1.807) is 4.90 Å². The molecule has 0 aromatic heterocycles. The highest BCUT2D eigenvalue weighted by molar-refractivity contribution is 7.89. The lowest BCUT2D eigenvalue weighted by molar-refractivity contribution is -0.123. The summed E-state index contributed by atoms with van der Waals surface area (Å²) in [5.74, 6) is -0.00332. The Morgan fingerprint density at radius 2 is 1.77 bits per heavy atom. The van der Waals surface area contributed by atoms with Crippen LogP contribution in [0.4, 0.5) is 10.5 Å². The molecule has 0 bridgehead atoms. The van der Waals surface area contributed by atoms with Crippen LogP contribution in [0.5, 0.6) is 0 Å². The van der Waals surface area contributed by atoms with Crippen LogP contribution in [0.1, 0.15) is 20.3 Å². The maximum atomic E-state index is 12.5. The molecule has 1 heterocycles. The third-order valence-electron chi connectivity index (χ3n) is 5.05. The molecule has 10 nitrogen and oxygen atoms in total. The van der Waals surface area contributed by atoms with E-state index in [4.69, 9.17) is 4.84 Å². The molecule has 0 radical (unpaired) electrons. The summed E-state index contributed by atoms with van der Waals surface area (Å²) in [5, 5.41) is 5.71. The Labute approximate surface area is 178 Å². The third kappa shape index (κ3) is 6.39. The van der Waals surface area contributed by atoms with Gasteiger partial charge in [-0.2, -0.15) is 0 Å². The van der Waals surface area contributed by atoms with Crippen molar-refractivity contribution in [2.24, 2.45) is 0 Å². The van der Waals surface area contributed by atoms with Gasteiger partial charge >= 0.3 is 6.03 Å². The fourth-order valence-electron chi connectivity index (χ4n) is 2.89. The van der Waals surface area contributed by atoms with Crippen molar-refractivity contribution in [1.82, 2.24) is 19.6 Å². The van der Waals surface area contributed by atoms with Gasteiger partial charge < -0.3 is 15.5 Å². The lowest BCUT2D eigenvalue weighted by atomic mass is 10.2. The topological polar surface area (TPSA) is 111 Å². The summed E-state index contributed by atoms with van der Waals surface area (Å²) in [5.41, 5.74) is 0.495. The largest absolute Gasteiger partial charge is 0.353 e. The predicted octanol–water partition coefficient (Wildman–Crippen LogP) is 0.933. The zero-order valence-corrected chi connectivity index (χ0v) is 18.7. The highest BCUT2D eigenvalue weighted by Crippen LogP contribution is 2.18. The second-order valence-electron chi connectivity index (χ2n) is 7.19. The first-order valence-corrected chi connectivity index (χ1v) is 11.3. The van der Waals surface area contributed by atoms with Crippen molar-refractivity contribution < 1.29 is 22.8 Å². The number of anilines is 1. The maximum absolute atomic E-state index is 12.5. The smallest absolute Gasteiger partial charge is 0.321 e. The summed E-state index contributed by atoms with van der Waals surface area (Å²) < 4.78 is 25.2. The number of piperazine rings is 1. The number of rotatable bonds is 8. The van der Waals surface area contributed by atoms with Crippen molar-refractivity contribution in [3.8, 4) is 0 Å². The van der Waals surface area contributed by atoms with Crippen molar-refractivity contribution >= 4 is 27.6 Å². The summed E-state index contributed by atoms with van der Waals surface area (Å²) in [7, 11) is -1.16. The average Bonchev–Trinajstić information content (AvgIpc) is 2.73. The van der Waals surface area contributed by atoms with Crippen LogP contribution in [0.2, 0.25) is 0 Å². The molecule has 0 spiro atoms. The SMILES string of the molecule is CCC(C)NC(=O)CN1CCN(C(=O)Nc2ccc(S(=O)(=O)N(C)OC)cc2)CC1. The van der Waals surface area contributed by atoms with Gasteiger partial charge in [-0.15, -0.1) is 0 Å². The molecule has 2 N–H and O–H groups in total. The molecule has 3 amide bonds. The Bertz CT molecular complexity index is 822. The molecule has 168 valence electrons. The minimum atomic E-state index is -3.73. The predicted molar refractivity (Wildman–Crippen MR) is 113 cm³/mol. The fourth-order valence-corrected chi connectivity index (χ4v) is 3.87. The third-order valence-corrected chi connectivity index (χ3v) is 6.74. The number of hydrogen-bond acceptors (Lipinski definition) is 6. The van der Waals surface area contributed by atoms with E-state index in [9.17, 15) is 18.0 Å². The van der Waals surface area contributed by atoms with Gasteiger partial charge in [0.2, 0.25) is 5.91 Å². The van der Waals surface area contributed by atoms with Crippen molar-refractivity contribution in [3.63, 3.8) is 0 Å². The number of benzene rings is 1. The van der Waals surface area contributed by atoms with E-state index in [0.29, 0.717) is 38.4 Å². The van der Waals surface area contributed by atoms with Crippen molar-refractivity contribution in [2.45, 2.75) is 31.2 Å². The molecule has 30 heavy (non-hydrogen) atoms. The fraction of sp³-hybridized carbons (Fsp3) is 0.579. The number of hydroxylamine groups is 1. The van der Waals surface area contributed by atoms with Crippen LogP contribution in [0.15, 0.2) is 29.2 Å². The number of amides is 3. The Hall–Kier alpha value is -2.21. The van der Waals surface area contributed by atoms with Gasteiger partial charge in [0.05, 0.1) is 18.6 Å². The Morgan fingerprint density at radius 3 is 2.30 bits per heavy atom. The first-order valence-electron chi connectivity index (χ1n) is 9.88. The van der Waals surface area contributed by atoms with Gasteiger partial charge in [0, 0.05) is 45.0 Å². The van der Waals surface area contributed by atoms with Gasteiger partial charge in [-0.05, 0) is 37.6 Å². The maximum Gasteiger partial charge on any atom is 0.321 e. The molecule has 11 heteroatoms. The second-order valence-corrected chi connectivity index (χ2v) is 9.13. The first kappa shape index (κ1) is 24.1. The number of urea groups is 1. The van der Waals surface area contributed by atoms with Crippen molar-refractivity contribution in [2.75, 3.05) is 52.2 Å². The highest BCUT2D eigenvalue weighted by atomic mass is 32.2. The van der Waals surface area contributed by atoms with E-state index in [2.05, 4.69) is 10.6 Å². The van der Waals surface area contributed by atoms with Crippen LogP contribution in [0, 0.1) is 0 Å². The lowest BCUT2D eigenvalue weighted by Gasteiger charge is -2.34. The Morgan fingerprint density at radius 1 is 1.17 bits per heavy atom. The summed E-state index contributed by atoms with van der Waals surface area (Å²) in [6, 6.07) is 5.78. The van der Waals surface area contributed by atoms with Crippen LogP contribution in [0.25, 0.3) is 0 Å². The van der Waals surface area contributed by atoms with Crippen LogP contribution in [-0.4, -0.2) is 87.5 Å². The molecule has 1 saturated heterocycles. The lowest BCUT2D eigenvalue weighted by Crippen LogP contribution is -2.52. The summed E-state index contributed by atoms with van der Waals surface area (Å²) >= 11 is 0. The number of nitrogens with zero attached hydrogens (tertiary/aromatic N) is 3. The van der Waals surface area contributed by atoms with E-state index in [1.807, 2.05) is 18.7 Å². The summed E-state index contributed by atoms with van der Waals surface area (Å²) in [6.07, 6.45) is 0.885. The molecule has 1 aromatic carbocycles. The normalized spacial score (nSPS) is 16.4. The van der Waals surface area contributed by atoms with E-state index in [1.165, 1.54) is 38.4 Å². The average molecular weight is 442 g/mol. The summed E-state index contributed by atoms with van der Waals surface area (Å²) in [4.78, 5) is 33.0. The van der Waals surface area contributed by atoms with Gasteiger partial charge in [-0.1, -0.05) is 11.4 Å². The van der Waals surface area contributed by atoms with Gasteiger partial charge in [-0.25, -0.2) is 13.2 Å². The second kappa shape index (κ2) is 10.7. The van der Waals surface area contributed by atoms with Crippen LogP contribution < -0.4 is 10.6 Å². The Balaban J connectivity index is 1.84. The number of carbonyl (C=O) groups is 2. The molecule has 0 saturated carbocycles. The highest BCUT2D eigenvalue weighted by Gasteiger charge is 2.24. The molecule has 1 unspecified atom stereocenters. The van der Waals surface area contributed by atoms with E-state index in [-0.39, 0.29) is 22.9 Å². The molecule has 1 atom stereocenters. The van der Waals surface area contributed by atoms with Crippen LogP contribution in [-0.2, 0) is 19.7 Å². The van der Waals surface area contributed by atoms with E-state index < -0.39 is 10.0 Å². The summed E-state index contributed by atoms with van der Waals surface area (Å²) in [6.45, 7) is 6.56. The molecular weight excluding hydrogens is 410 g/mol. The molecule has 0 aliphatic carbocycles. The minimum Gasteiger partial charge on any atom is -0.353 e. The van der Waals surface area contributed by atoms with Crippen molar-refractivity contribution in [1.29, 1.82) is 0 Å². The first-order chi connectivity index (χ1) is 14.2. The molecule has 1 fully saturated rings. The van der Waals surface area contributed by atoms with Crippen LogP contribution >= 0.6 is 0 Å². The number of nitrogens with one attached hydrogen (secondary N) is 2. The van der Waals surface area contributed by atoms with Gasteiger partial charge in [0.25, 0.3) is 10.0 Å². The molecule has 2 rings (SSSR count). The van der Waals surface area contributed by atoms with E-state index >= 15 is 0 Å². The molecule has 1 aliphatic heterocycles. The number of sulfonamides is 1. The molecular formula is C19H31N5O5S. The van der Waals surface area contributed by atoms with E-state index in [0.717, 1.165) is 10.9 Å². The minimum absolute atomic E-state index is 0.00332. The quantitative estimate of drug-likeness (QED) is 0.581. The monoisotopic (exact) mass is 441 g/mol. The van der Waals surface area contributed by atoms with Gasteiger partial charge in [-0.3, -0.25) is 14.5 Å². The standard InChI is InChI=1S/C19H31N5O5S/c1-5-15(2)20-18(25)14-23-10-12-24(13-11-23)19(26)21-16-6-8-17(9-7-16)30(27,28)22(3)29-4/h6-9,15H,5,10-14H2,1-4H3,(H,20,25)(H,21,26). The van der Waals surface area contributed by atoms with Gasteiger partial charge in [0.15, 0.2) is 0 Å². The number of hydrogen-bond donors (Lipinski definition) is 2. The zero-order chi connectivity index (χ0) is 22.3. The molecule has 1 aliphatic rings. The Kier molecular flexibility index (Phi) is 8.59. The number of carbonyl (C=O) groups excluding carboxylic acids is 2. The zero-order valence-electron chi connectivity index (χ0n) is 17.9. The van der Waals surface area contributed by atoms with Crippen LogP contribution in [0.3, 0.4) is 0 Å².